The molecule has 2 N–H and O–H groups in total. The van der Waals surface area contributed by atoms with Crippen LogP contribution in [0, 0.1) is 0 Å². The van der Waals surface area contributed by atoms with Gasteiger partial charge in [0.2, 0.25) is 0 Å². The first-order valence-corrected chi connectivity index (χ1v) is 3.41. The van der Waals surface area contributed by atoms with Gasteiger partial charge < -0.3 is 0 Å². The largest absolute Gasteiger partial charge is 0.297 e. The highest BCUT2D eigenvalue weighted by Gasteiger charge is 2.14. The molecule has 0 radical (unpaired) electrons. The minimum Gasteiger partial charge on any atom is -0.297 e. The van der Waals surface area contributed by atoms with Crippen LogP contribution in [0.4, 0.5) is 0 Å². The maximum absolute atomic E-state index is 5.65. The molecule has 0 bridgehead atoms. The third-order valence-corrected chi connectivity index (χ3v) is 1.65. The van der Waals surface area contributed by atoms with E-state index in [0.29, 0.717) is 0 Å². The third kappa shape index (κ3) is 1.78. The molecule has 0 spiro atoms. The van der Waals surface area contributed by atoms with E-state index in [4.69, 9.17) is 23.2 Å². The van der Waals surface area contributed by atoms with E-state index in [9.17, 15) is 0 Å². The zero-order chi connectivity index (χ0) is 5.98. The van der Waals surface area contributed by atoms with Gasteiger partial charge in [-0.15, -0.1) is 23.2 Å². The smallest absolute Gasteiger partial charge is 0.0953 e. The minimum absolute atomic E-state index is 0.0463. The molecule has 1 saturated heterocycles. The number of rotatable bonds is 0. The summed E-state index contributed by atoms with van der Waals surface area (Å²) in [5.74, 6) is 0. The molecule has 0 amide bonds. The highest BCUT2D eigenvalue weighted by atomic mass is 35.5. The van der Waals surface area contributed by atoms with Gasteiger partial charge in [-0.2, -0.15) is 0 Å². The Balaban J connectivity index is 2.19. The van der Waals surface area contributed by atoms with E-state index in [1.165, 1.54) is 0 Å². The van der Waals surface area contributed by atoms with Gasteiger partial charge in [0.15, 0.2) is 0 Å². The van der Waals surface area contributed by atoms with E-state index in [-0.39, 0.29) is 11.0 Å². The maximum atomic E-state index is 5.65. The molecule has 1 aliphatic rings. The summed E-state index contributed by atoms with van der Waals surface area (Å²) in [5.41, 5.74) is 0.0926. The van der Waals surface area contributed by atoms with Crippen molar-refractivity contribution in [1.29, 1.82) is 0 Å². The zero-order valence-corrected chi connectivity index (χ0v) is 5.84. The van der Waals surface area contributed by atoms with Crippen molar-refractivity contribution in [2.24, 2.45) is 0 Å². The molecule has 2 atom stereocenters. The molecule has 48 valence electrons. The van der Waals surface area contributed by atoms with Crippen LogP contribution < -0.4 is 10.6 Å². The average Bonchev–Trinajstić information content (AvgIpc) is 1.77. The van der Waals surface area contributed by atoms with Crippen molar-refractivity contribution in [3.05, 3.63) is 0 Å². The Labute approximate surface area is 58.5 Å². The Bertz CT molecular complexity index is 60.4. The van der Waals surface area contributed by atoms with Crippen molar-refractivity contribution in [3.8, 4) is 0 Å². The third-order valence-electron chi connectivity index (χ3n) is 1.04. The molecule has 0 aliphatic carbocycles. The van der Waals surface area contributed by atoms with Gasteiger partial charge in [-0.25, -0.2) is 0 Å². The lowest BCUT2D eigenvalue weighted by atomic mass is 10.4. The van der Waals surface area contributed by atoms with Crippen LogP contribution >= 0.6 is 23.2 Å². The molecule has 0 aromatic heterocycles. The normalized spacial score (nSPS) is 39.8. The van der Waals surface area contributed by atoms with Gasteiger partial charge in [0, 0.05) is 13.1 Å². The Hall–Kier alpha value is 0.500. The van der Waals surface area contributed by atoms with Gasteiger partial charge in [-0.3, -0.25) is 10.6 Å². The van der Waals surface area contributed by atoms with Crippen LogP contribution in [0.1, 0.15) is 0 Å². The number of halogens is 2. The summed E-state index contributed by atoms with van der Waals surface area (Å²) in [6.07, 6.45) is 0. The molecule has 4 heteroatoms. The molecule has 1 fully saturated rings. The summed E-state index contributed by atoms with van der Waals surface area (Å²) in [6, 6.07) is 0. The first-order chi connectivity index (χ1) is 3.79. The molecule has 2 unspecified atom stereocenters. The van der Waals surface area contributed by atoms with Crippen molar-refractivity contribution < 1.29 is 0 Å². The lowest BCUT2D eigenvalue weighted by Gasteiger charge is -2.22. The SMILES string of the molecule is ClC1CNC(Cl)CN1. The Morgan fingerprint density at radius 2 is 1.38 bits per heavy atom. The Morgan fingerprint density at radius 1 is 1.00 bits per heavy atom. The maximum Gasteiger partial charge on any atom is 0.0953 e. The van der Waals surface area contributed by atoms with E-state index >= 15 is 0 Å². The van der Waals surface area contributed by atoms with Gasteiger partial charge >= 0.3 is 0 Å². The predicted octanol–water partition coefficient (Wildman–Crippen LogP) is 0.309. The quantitative estimate of drug-likeness (QED) is 0.388. The molecular formula is C4H8Cl2N2. The molecular weight excluding hydrogens is 147 g/mol. The van der Waals surface area contributed by atoms with Gasteiger partial charge in [0.25, 0.3) is 0 Å². The number of nitrogens with one attached hydrogen (secondary N) is 2. The molecule has 2 nitrogen and oxygen atoms in total. The van der Waals surface area contributed by atoms with Gasteiger partial charge in [0.1, 0.15) is 0 Å². The van der Waals surface area contributed by atoms with Crippen molar-refractivity contribution in [2.45, 2.75) is 11.0 Å². The van der Waals surface area contributed by atoms with Gasteiger partial charge in [0.05, 0.1) is 11.0 Å². The average molecular weight is 155 g/mol. The Morgan fingerprint density at radius 3 is 1.62 bits per heavy atom. The lowest BCUT2D eigenvalue weighted by molar-refractivity contribution is 0.472. The predicted molar refractivity (Wildman–Crippen MR) is 35.3 cm³/mol. The molecule has 1 rings (SSSR count). The number of piperazine rings is 1. The number of hydrogen-bond acceptors (Lipinski definition) is 2. The van der Waals surface area contributed by atoms with E-state index in [0.717, 1.165) is 13.1 Å². The molecule has 1 heterocycles. The second-order valence-corrected chi connectivity index (χ2v) is 2.81. The van der Waals surface area contributed by atoms with Crippen LogP contribution in [0.15, 0.2) is 0 Å². The summed E-state index contributed by atoms with van der Waals surface area (Å²) in [7, 11) is 0. The first kappa shape index (κ1) is 6.62. The minimum atomic E-state index is 0.0463. The van der Waals surface area contributed by atoms with Crippen LogP contribution in [-0.4, -0.2) is 24.1 Å². The fraction of sp³-hybridized carbons (Fsp3) is 1.00. The van der Waals surface area contributed by atoms with E-state index in [1.807, 2.05) is 0 Å². The summed E-state index contributed by atoms with van der Waals surface area (Å²) in [6.45, 7) is 1.49. The molecule has 0 aromatic rings. The zero-order valence-electron chi connectivity index (χ0n) is 4.32. The van der Waals surface area contributed by atoms with Gasteiger partial charge in [-0.05, 0) is 0 Å². The summed E-state index contributed by atoms with van der Waals surface area (Å²) in [4.78, 5) is 0. The highest BCUT2D eigenvalue weighted by molar-refractivity contribution is 6.22. The molecule has 0 aromatic carbocycles. The van der Waals surface area contributed by atoms with Crippen LogP contribution in [0.25, 0.3) is 0 Å². The number of hydrogen-bond donors (Lipinski definition) is 2. The second-order valence-electron chi connectivity index (χ2n) is 1.75. The van der Waals surface area contributed by atoms with E-state index in [1.54, 1.807) is 0 Å². The molecule has 1 aliphatic heterocycles. The lowest BCUT2D eigenvalue weighted by Crippen LogP contribution is -2.49. The fourth-order valence-electron chi connectivity index (χ4n) is 0.607. The van der Waals surface area contributed by atoms with Crippen molar-refractivity contribution in [1.82, 2.24) is 10.6 Å². The van der Waals surface area contributed by atoms with Crippen LogP contribution in [-0.2, 0) is 0 Å². The fourth-order valence-corrected chi connectivity index (χ4v) is 0.963. The summed E-state index contributed by atoms with van der Waals surface area (Å²) in [5, 5.41) is 6.01. The second kappa shape index (κ2) is 2.87. The van der Waals surface area contributed by atoms with Crippen LogP contribution in [0.5, 0.6) is 0 Å². The molecule has 8 heavy (non-hydrogen) atoms. The van der Waals surface area contributed by atoms with Gasteiger partial charge in [-0.1, -0.05) is 0 Å². The van der Waals surface area contributed by atoms with Crippen LogP contribution in [0.3, 0.4) is 0 Å². The van der Waals surface area contributed by atoms with Crippen molar-refractivity contribution in [3.63, 3.8) is 0 Å². The summed E-state index contributed by atoms with van der Waals surface area (Å²) >= 11 is 11.3. The standard InChI is InChI=1S/C4H8Cl2N2/c5-3-1-7-4(6)2-8-3/h3-4,7-8H,1-2H2. The van der Waals surface area contributed by atoms with Crippen molar-refractivity contribution in [2.75, 3.05) is 13.1 Å². The van der Waals surface area contributed by atoms with Crippen molar-refractivity contribution >= 4 is 23.2 Å². The van der Waals surface area contributed by atoms with E-state index < -0.39 is 0 Å². The Kier molecular flexibility index (Phi) is 2.38. The topological polar surface area (TPSA) is 24.1 Å². The van der Waals surface area contributed by atoms with Crippen LogP contribution in [0.2, 0.25) is 0 Å². The summed E-state index contributed by atoms with van der Waals surface area (Å²) < 4.78 is 0. The highest BCUT2D eigenvalue weighted by Crippen LogP contribution is 1.98. The monoisotopic (exact) mass is 154 g/mol. The molecule has 0 saturated carbocycles. The first-order valence-electron chi connectivity index (χ1n) is 2.54. The number of alkyl halides is 2. The van der Waals surface area contributed by atoms with E-state index in [2.05, 4.69) is 10.6 Å².